The van der Waals surface area contributed by atoms with Gasteiger partial charge in [-0.2, -0.15) is 0 Å². The van der Waals surface area contributed by atoms with Gasteiger partial charge in [-0.3, -0.25) is 0 Å². The number of hydrogen-bond donors (Lipinski definition) is 1. The molecule has 2 bridgehead atoms. The van der Waals surface area contributed by atoms with Crippen molar-refractivity contribution >= 4 is 0 Å². The molecule has 4 unspecified atom stereocenters. The van der Waals surface area contributed by atoms with Crippen LogP contribution in [0, 0.1) is 22.7 Å². The topological polar surface area (TPSA) is 20.2 Å². The number of fused-ring (bicyclic) bond motifs is 2. The van der Waals surface area contributed by atoms with Crippen molar-refractivity contribution in [1.29, 1.82) is 0 Å². The summed E-state index contributed by atoms with van der Waals surface area (Å²) in [6.07, 6.45) is 11.0. The minimum absolute atomic E-state index is 0.200. The van der Waals surface area contributed by atoms with Crippen LogP contribution in [0.15, 0.2) is 23.8 Å². The fourth-order valence-corrected chi connectivity index (χ4v) is 3.83. The molecule has 0 radical (unpaired) electrons. The second kappa shape index (κ2) is 4.28. The molecule has 17 heavy (non-hydrogen) atoms. The molecule has 0 aromatic rings. The van der Waals surface area contributed by atoms with Crippen LogP contribution in [0.2, 0.25) is 0 Å². The lowest BCUT2D eigenvalue weighted by Crippen LogP contribution is -2.46. The Morgan fingerprint density at radius 2 is 2.18 bits per heavy atom. The van der Waals surface area contributed by atoms with E-state index in [9.17, 15) is 5.11 Å². The highest BCUT2D eigenvalue weighted by atomic mass is 16.3. The SMILES string of the molecule is CCC1(C)CC2(C)C=CC1CC2C=C(C)CO. The maximum absolute atomic E-state index is 9.18. The quantitative estimate of drug-likeness (QED) is 0.733. The van der Waals surface area contributed by atoms with Crippen molar-refractivity contribution in [1.82, 2.24) is 0 Å². The zero-order valence-electron chi connectivity index (χ0n) is 11.7. The lowest BCUT2D eigenvalue weighted by Gasteiger charge is -2.55. The van der Waals surface area contributed by atoms with E-state index < -0.39 is 0 Å². The van der Waals surface area contributed by atoms with Crippen LogP contribution < -0.4 is 0 Å². The van der Waals surface area contributed by atoms with Crippen molar-refractivity contribution in [3.8, 4) is 0 Å². The number of allylic oxidation sites excluding steroid dienone is 3. The largest absolute Gasteiger partial charge is 0.392 e. The lowest BCUT2D eigenvalue weighted by molar-refractivity contribution is 0.0203. The highest BCUT2D eigenvalue weighted by molar-refractivity contribution is 5.22. The molecule has 0 aromatic heterocycles. The first-order valence-corrected chi connectivity index (χ1v) is 6.91. The van der Waals surface area contributed by atoms with Gasteiger partial charge >= 0.3 is 0 Å². The molecule has 0 spiro atoms. The van der Waals surface area contributed by atoms with E-state index in [0.29, 0.717) is 16.7 Å². The van der Waals surface area contributed by atoms with E-state index in [1.54, 1.807) is 0 Å². The second-order valence-corrected chi connectivity index (χ2v) is 6.67. The second-order valence-electron chi connectivity index (χ2n) is 6.67. The first kappa shape index (κ1) is 12.9. The molecule has 1 heteroatoms. The van der Waals surface area contributed by atoms with E-state index in [2.05, 4.69) is 39.0 Å². The summed E-state index contributed by atoms with van der Waals surface area (Å²) < 4.78 is 0. The first-order chi connectivity index (χ1) is 7.93. The molecule has 0 saturated heterocycles. The summed E-state index contributed by atoms with van der Waals surface area (Å²) in [6, 6.07) is 0. The maximum Gasteiger partial charge on any atom is 0.0639 e. The number of rotatable bonds is 3. The molecule has 4 atom stereocenters. The fourth-order valence-electron chi connectivity index (χ4n) is 3.83. The molecule has 3 rings (SSSR count). The minimum Gasteiger partial charge on any atom is -0.392 e. The van der Waals surface area contributed by atoms with Gasteiger partial charge < -0.3 is 5.11 Å². The Morgan fingerprint density at radius 1 is 1.47 bits per heavy atom. The Balaban J connectivity index is 2.27. The molecule has 1 nitrogen and oxygen atoms in total. The van der Waals surface area contributed by atoms with Gasteiger partial charge in [-0.25, -0.2) is 0 Å². The van der Waals surface area contributed by atoms with Gasteiger partial charge in [-0.1, -0.05) is 51.0 Å². The molecular weight excluding hydrogens is 208 g/mol. The molecule has 0 heterocycles. The van der Waals surface area contributed by atoms with Crippen molar-refractivity contribution in [2.75, 3.05) is 6.61 Å². The van der Waals surface area contributed by atoms with E-state index in [1.165, 1.54) is 19.3 Å². The van der Waals surface area contributed by atoms with E-state index in [0.717, 1.165) is 11.5 Å². The average Bonchev–Trinajstić information content (AvgIpc) is 2.30. The summed E-state index contributed by atoms with van der Waals surface area (Å²) >= 11 is 0. The van der Waals surface area contributed by atoms with Gasteiger partial charge in [-0.05, 0) is 42.4 Å². The number of aliphatic hydroxyl groups excluding tert-OH is 1. The summed E-state index contributed by atoms with van der Waals surface area (Å²) in [5, 5.41) is 9.18. The maximum atomic E-state index is 9.18. The Bertz CT molecular complexity index is 355. The van der Waals surface area contributed by atoms with Crippen LogP contribution in [0.5, 0.6) is 0 Å². The molecular formula is C16H26O. The third-order valence-electron chi connectivity index (χ3n) is 5.29. The van der Waals surface area contributed by atoms with Gasteiger partial charge in [0.15, 0.2) is 0 Å². The van der Waals surface area contributed by atoms with E-state index in [4.69, 9.17) is 0 Å². The van der Waals surface area contributed by atoms with Gasteiger partial charge in [0.2, 0.25) is 0 Å². The van der Waals surface area contributed by atoms with Crippen LogP contribution in [-0.2, 0) is 0 Å². The molecule has 1 saturated carbocycles. The Morgan fingerprint density at radius 3 is 2.71 bits per heavy atom. The highest BCUT2D eigenvalue weighted by Gasteiger charge is 2.50. The fraction of sp³-hybridized carbons (Fsp3) is 0.750. The zero-order chi connectivity index (χ0) is 12.7. The number of aliphatic hydroxyl groups is 1. The first-order valence-electron chi connectivity index (χ1n) is 6.91. The molecule has 1 fully saturated rings. The van der Waals surface area contributed by atoms with Crippen molar-refractivity contribution in [2.24, 2.45) is 22.7 Å². The molecule has 0 aliphatic heterocycles. The van der Waals surface area contributed by atoms with Gasteiger partial charge in [-0.15, -0.1) is 0 Å². The summed E-state index contributed by atoms with van der Waals surface area (Å²) in [5.41, 5.74) is 1.91. The van der Waals surface area contributed by atoms with E-state index in [1.807, 2.05) is 6.92 Å². The van der Waals surface area contributed by atoms with Crippen molar-refractivity contribution in [2.45, 2.75) is 47.0 Å². The van der Waals surface area contributed by atoms with Crippen molar-refractivity contribution in [3.63, 3.8) is 0 Å². The molecule has 3 aliphatic carbocycles. The monoisotopic (exact) mass is 234 g/mol. The van der Waals surface area contributed by atoms with Crippen LogP contribution >= 0.6 is 0 Å². The highest BCUT2D eigenvalue weighted by Crippen LogP contribution is 2.59. The van der Waals surface area contributed by atoms with Crippen LogP contribution in [0.1, 0.15) is 47.0 Å². The predicted molar refractivity (Wildman–Crippen MR) is 72.7 cm³/mol. The predicted octanol–water partition coefficient (Wildman–Crippen LogP) is 3.94. The Kier molecular flexibility index (Phi) is 3.24. The standard InChI is InChI=1S/C16H26O/c1-5-15(3)11-16(4)7-6-13(15)9-14(16)8-12(2)10-17/h6-8,13-14,17H,5,9-11H2,1-4H3. The third kappa shape index (κ3) is 2.10. The van der Waals surface area contributed by atoms with Gasteiger partial charge in [0.05, 0.1) is 6.61 Å². The molecule has 0 aromatic carbocycles. The van der Waals surface area contributed by atoms with Gasteiger partial charge in [0.1, 0.15) is 0 Å². The van der Waals surface area contributed by atoms with Crippen LogP contribution in [0.4, 0.5) is 0 Å². The molecule has 96 valence electrons. The van der Waals surface area contributed by atoms with Crippen molar-refractivity contribution in [3.05, 3.63) is 23.8 Å². The molecule has 1 N–H and O–H groups in total. The number of hydrogen-bond acceptors (Lipinski definition) is 1. The lowest BCUT2D eigenvalue weighted by atomic mass is 9.49. The van der Waals surface area contributed by atoms with Crippen LogP contribution in [0.25, 0.3) is 0 Å². The Hall–Kier alpha value is -0.560. The zero-order valence-corrected chi connectivity index (χ0v) is 11.7. The summed E-state index contributed by atoms with van der Waals surface area (Å²) in [7, 11) is 0. The summed E-state index contributed by atoms with van der Waals surface area (Å²) in [4.78, 5) is 0. The van der Waals surface area contributed by atoms with Gasteiger partial charge in [0, 0.05) is 0 Å². The molecule has 3 aliphatic rings. The normalized spacial score (nSPS) is 45.4. The van der Waals surface area contributed by atoms with Crippen LogP contribution in [-0.4, -0.2) is 11.7 Å². The Labute approximate surface area is 106 Å². The summed E-state index contributed by atoms with van der Waals surface area (Å²) in [5.74, 6) is 1.34. The van der Waals surface area contributed by atoms with Gasteiger partial charge in [0.25, 0.3) is 0 Å². The van der Waals surface area contributed by atoms with Crippen LogP contribution in [0.3, 0.4) is 0 Å². The third-order valence-corrected chi connectivity index (χ3v) is 5.29. The molecule has 0 amide bonds. The average molecular weight is 234 g/mol. The van der Waals surface area contributed by atoms with E-state index in [-0.39, 0.29) is 6.61 Å². The summed E-state index contributed by atoms with van der Waals surface area (Å²) in [6.45, 7) is 9.39. The minimum atomic E-state index is 0.200. The van der Waals surface area contributed by atoms with E-state index >= 15 is 0 Å². The van der Waals surface area contributed by atoms with Crippen molar-refractivity contribution < 1.29 is 5.11 Å². The smallest absolute Gasteiger partial charge is 0.0639 e.